The first-order valence-electron chi connectivity index (χ1n) is 14.0. The van der Waals surface area contributed by atoms with Crippen molar-refractivity contribution in [2.75, 3.05) is 16.8 Å². The van der Waals surface area contributed by atoms with Crippen LogP contribution in [0.4, 0.5) is 11.4 Å². The lowest BCUT2D eigenvalue weighted by Gasteiger charge is -2.45. The lowest BCUT2D eigenvalue weighted by Crippen LogP contribution is -2.41. The molecule has 4 aromatic rings. The van der Waals surface area contributed by atoms with Crippen molar-refractivity contribution in [1.82, 2.24) is 0 Å². The van der Waals surface area contributed by atoms with Gasteiger partial charge in [0.25, 0.3) is 5.91 Å². The topological polar surface area (TPSA) is 92.8 Å². The van der Waals surface area contributed by atoms with Crippen molar-refractivity contribution < 1.29 is 23.9 Å². The molecule has 1 fully saturated rings. The van der Waals surface area contributed by atoms with E-state index < -0.39 is 30.3 Å². The molecule has 2 bridgehead atoms. The van der Waals surface area contributed by atoms with Gasteiger partial charge in [0.1, 0.15) is 0 Å². The van der Waals surface area contributed by atoms with Gasteiger partial charge in [-0.3, -0.25) is 14.4 Å². The number of aryl methyl sites for hydroxylation is 1. The fourth-order valence-electron chi connectivity index (χ4n) is 7.04. The number of hydrogen-bond donors (Lipinski definition) is 1. The number of anilines is 2. The number of para-hydroxylation sites is 1. The zero-order valence-corrected chi connectivity index (χ0v) is 23.2. The van der Waals surface area contributed by atoms with Crippen LogP contribution in [-0.4, -0.2) is 30.3 Å². The molecule has 42 heavy (non-hydrogen) atoms. The van der Waals surface area contributed by atoms with Crippen LogP contribution < -0.4 is 10.2 Å². The Morgan fingerprint density at radius 3 is 1.81 bits per heavy atom. The first-order valence-corrected chi connectivity index (χ1v) is 14.0. The molecule has 0 unspecified atom stereocenters. The molecule has 1 saturated heterocycles. The Bertz CT molecular complexity index is 1700. The van der Waals surface area contributed by atoms with E-state index in [1.54, 1.807) is 24.3 Å². The molecule has 4 aromatic carbocycles. The van der Waals surface area contributed by atoms with Crippen LogP contribution >= 0.6 is 0 Å². The van der Waals surface area contributed by atoms with Gasteiger partial charge < -0.3 is 10.1 Å². The van der Waals surface area contributed by atoms with Gasteiger partial charge >= 0.3 is 5.97 Å². The van der Waals surface area contributed by atoms with Crippen molar-refractivity contribution >= 4 is 35.1 Å². The molecule has 1 heterocycles. The number of nitrogens with one attached hydrogen (secondary N) is 1. The minimum atomic E-state index is -0.785. The highest BCUT2D eigenvalue weighted by Crippen LogP contribution is 2.61. The number of benzene rings is 4. The van der Waals surface area contributed by atoms with E-state index in [1.165, 1.54) is 11.0 Å². The van der Waals surface area contributed by atoms with Crippen LogP contribution in [0.5, 0.6) is 0 Å². The first-order chi connectivity index (χ1) is 20.4. The van der Waals surface area contributed by atoms with Crippen LogP contribution in [-0.2, 0) is 19.1 Å². The van der Waals surface area contributed by atoms with Crippen molar-refractivity contribution in [2.24, 2.45) is 11.8 Å². The maximum atomic E-state index is 14.2. The quantitative estimate of drug-likeness (QED) is 0.259. The number of rotatable bonds is 5. The number of esters is 1. The summed E-state index contributed by atoms with van der Waals surface area (Å²) in [5, 5.41) is 2.77. The number of nitrogens with zero attached hydrogens (tertiary/aromatic N) is 1. The normalized spacial score (nSPS) is 21.4. The summed E-state index contributed by atoms with van der Waals surface area (Å²) in [6.45, 7) is 3.34. The third-order valence-corrected chi connectivity index (χ3v) is 9.03. The smallest absolute Gasteiger partial charge is 0.340 e. The zero-order chi connectivity index (χ0) is 29.1. The fraction of sp³-hybridized carbons (Fsp3) is 0.200. The summed E-state index contributed by atoms with van der Waals surface area (Å²) in [7, 11) is 0. The van der Waals surface area contributed by atoms with Gasteiger partial charge in [-0.2, -0.15) is 0 Å². The van der Waals surface area contributed by atoms with Gasteiger partial charge in [-0.1, -0.05) is 72.8 Å². The number of hydrogen-bond acceptors (Lipinski definition) is 5. The van der Waals surface area contributed by atoms with E-state index in [2.05, 4.69) is 5.32 Å². The number of ether oxygens (including phenoxy) is 1. The minimum Gasteiger partial charge on any atom is -0.452 e. The molecule has 3 aliphatic carbocycles. The Morgan fingerprint density at radius 2 is 1.24 bits per heavy atom. The number of carbonyl (C=O) groups excluding carboxylic acids is 4. The zero-order valence-electron chi connectivity index (χ0n) is 23.2. The molecule has 2 atom stereocenters. The highest BCUT2D eigenvalue weighted by atomic mass is 16.5. The molecule has 0 aromatic heterocycles. The van der Waals surface area contributed by atoms with Crippen molar-refractivity contribution in [3.63, 3.8) is 0 Å². The summed E-state index contributed by atoms with van der Waals surface area (Å²) in [6, 6.07) is 28.1. The lowest BCUT2D eigenvalue weighted by molar-refractivity contribution is -0.122. The molecule has 7 nitrogen and oxygen atoms in total. The molecule has 0 spiro atoms. The Kier molecular flexibility index (Phi) is 6.04. The molecule has 7 heteroatoms. The summed E-state index contributed by atoms with van der Waals surface area (Å²) in [5.41, 5.74) is 7.13. The van der Waals surface area contributed by atoms with E-state index in [4.69, 9.17) is 4.74 Å². The van der Waals surface area contributed by atoms with Crippen LogP contribution in [0, 0.1) is 25.7 Å². The predicted molar refractivity (Wildman–Crippen MR) is 157 cm³/mol. The Morgan fingerprint density at radius 1 is 0.714 bits per heavy atom. The molecular weight excluding hydrogens is 528 g/mol. The Balaban J connectivity index is 1.17. The van der Waals surface area contributed by atoms with Crippen molar-refractivity contribution in [3.05, 3.63) is 130 Å². The molecule has 1 N–H and O–H groups in total. The van der Waals surface area contributed by atoms with Crippen LogP contribution in [0.25, 0.3) is 0 Å². The fourth-order valence-corrected chi connectivity index (χ4v) is 7.04. The van der Waals surface area contributed by atoms with Crippen LogP contribution in [0.3, 0.4) is 0 Å². The molecular formula is C35H28N2O5. The van der Waals surface area contributed by atoms with Crippen molar-refractivity contribution in [2.45, 2.75) is 25.7 Å². The number of carbonyl (C=O) groups is 4. The SMILES string of the molecule is Cc1cccc(NC(=O)COC(=O)c2ccccc2N2C(=O)[C@H]3C4c5ccccc5C(c5ccccc54)[C@@H]3C2=O)c1C. The molecule has 8 rings (SSSR count). The maximum absolute atomic E-state index is 14.2. The van der Waals surface area contributed by atoms with Gasteiger partial charge in [0, 0.05) is 17.5 Å². The highest BCUT2D eigenvalue weighted by molar-refractivity contribution is 6.25. The maximum Gasteiger partial charge on any atom is 0.340 e. The van der Waals surface area contributed by atoms with Gasteiger partial charge in [0.2, 0.25) is 11.8 Å². The highest BCUT2D eigenvalue weighted by Gasteiger charge is 2.62. The largest absolute Gasteiger partial charge is 0.452 e. The molecule has 0 saturated carbocycles. The van der Waals surface area contributed by atoms with Crippen LogP contribution in [0.15, 0.2) is 91.0 Å². The standard InChI is InChI=1S/C35H28N2O5/c1-19-10-9-16-26(20(19)2)36-28(38)18-42-35(41)25-15-7-8-17-27(25)37-33(39)31-29-21-11-3-4-12-22(21)30(32(31)34(37)40)24-14-6-5-13-23(24)29/h3-17,29-32H,18H2,1-2H3,(H,36,38)/t29?,30?,31-,32-/m0/s1. The second-order valence-electron chi connectivity index (χ2n) is 11.2. The second-order valence-corrected chi connectivity index (χ2v) is 11.2. The summed E-state index contributed by atoms with van der Waals surface area (Å²) in [4.78, 5) is 55.4. The molecule has 0 radical (unpaired) electrons. The van der Waals surface area contributed by atoms with E-state index in [0.29, 0.717) is 5.69 Å². The second kappa shape index (κ2) is 9.80. The number of imide groups is 1. The third kappa shape index (κ3) is 3.80. The summed E-state index contributed by atoms with van der Waals surface area (Å²) >= 11 is 0. The third-order valence-electron chi connectivity index (χ3n) is 9.03. The van der Waals surface area contributed by atoms with Gasteiger partial charge in [0.05, 0.1) is 23.1 Å². The monoisotopic (exact) mass is 556 g/mol. The average molecular weight is 557 g/mol. The lowest BCUT2D eigenvalue weighted by atomic mass is 9.55. The molecule has 1 aliphatic heterocycles. The van der Waals surface area contributed by atoms with Crippen LogP contribution in [0.2, 0.25) is 0 Å². The van der Waals surface area contributed by atoms with Gasteiger partial charge in [0.15, 0.2) is 6.61 Å². The van der Waals surface area contributed by atoms with E-state index in [1.807, 2.05) is 74.5 Å². The van der Waals surface area contributed by atoms with E-state index in [0.717, 1.165) is 33.4 Å². The van der Waals surface area contributed by atoms with E-state index >= 15 is 0 Å². The van der Waals surface area contributed by atoms with Gasteiger partial charge in [-0.25, -0.2) is 9.69 Å². The van der Waals surface area contributed by atoms with Crippen molar-refractivity contribution in [3.8, 4) is 0 Å². The summed E-state index contributed by atoms with van der Waals surface area (Å²) < 4.78 is 5.38. The van der Waals surface area contributed by atoms with E-state index in [-0.39, 0.29) is 34.9 Å². The Hall–Kier alpha value is -5.04. The molecule has 4 aliphatic rings. The van der Waals surface area contributed by atoms with Crippen molar-refractivity contribution in [1.29, 1.82) is 0 Å². The Labute approximate surface area is 243 Å². The van der Waals surface area contributed by atoms with E-state index in [9.17, 15) is 19.2 Å². The predicted octanol–water partition coefficient (Wildman–Crippen LogP) is 5.50. The average Bonchev–Trinajstić information content (AvgIpc) is 3.28. The summed E-state index contributed by atoms with van der Waals surface area (Å²) in [6.07, 6.45) is 0. The van der Waals surface area contributed by atoms with Crippen LogP contribution in [0.1, 0.15) is 55.6 Å². The first kappa shape index (κ1) is 25.9. The summed E-state index contributed by atoms with van der Waals surface area (Å²) in [5.74, 6) is -3.55. The van der Waals surface area contributed by atoms with Gasteiger partial charge in [-0.05, 0) is 65.4 Å². The minimum absolute atomic E-state index is 0.0553. The van der Waals surface area contributed by atoms with Gasteiger partial charge in [-0.15, -0.1) is 0 Å². The number of amides is 3. The molecule has 3 amide bonds. The molecule has 208 valence electrons.